The third-order valence-corrected chi connectivity index (χ3v) is 6.21. The molecule has 0 amide bonds. The van der Waals surface area contributed by atoms with Crippen LogP contribution < -0.4 is 4.74 Å². The summed E-state index contributed by atoms with van der Waals surface area (Å²) < 4.78 is 11.4. The highest BCUT2D eigenvalue weighted by atomic mass is 35.5. The fourth-order valence-corrected chi connectivity index (χ4v) is 4.38. The third-order valence-electron chi connectivity index (χ3n) is 5.72. The van der Waals surface area contributed by atoms with Gasteiger partial charge in [0.2, 0.25) is 0 Å². The zero-order valence-electron chi connectivity index (χ0n) is 18.7. The lowest BCUT2D eigenvalue weighted by atomic mass is 9.96. The SMILES string of the molecule is CCOC(=O)c1cc(C2=C(c3cc(Cl)ccc3OCc3ccc(Cl)cc3)CCC2)cnc1C. The Morgan fingerprint density at radius 1 is 1.00 bits per heavy atom. The molecule has 0 spiro atoms. The highest BCUT2D eigenvalue weighted by Gasteiger charge is 2.23. The van der Waals surface area contributed by atoms with Gasteiger partial charge in [0, 0.05) is 21.8 Å². The van der Waals surface area contributed by atoms with Crippen LogP contribution >= 0.6 is 23.2 Å². The largest absolute Gasteiger partial charge is 0.488 e. The first-order valence-corrected chi connectivity index (χ1v) is 11.7. The zero-order chi connectivity index (χ0) is 23.4. The van der Waals surface area contributed by atoms with Gasteiger partial charge < -0.3 is 9.47 Å². The average molecular weight is 482 g/mol. The molecule has 170 valence electrons. The topological polar surface area (TPSA) is 48.4 Å². The van der Waals surface area contributed by atoms with Crippen LogP contribution in [0.25, 0.3) is 11.1 Å². The molecule has 0 aliphatic heterocycles. The molecule has 3 aromatic rings. The van der Waals surface area contributed by atoms with Crippen molar-refractivity contribution in [3.8, 4) is 5.75 Å². The van der Waals surface area contributed by atoms with Gasteiger partial charge in [-0.25, -0.2) is 4.79 Å². The van der Waals surface area contributed by atoms with E-state index in [1.54, 1.807) is 6.92 Å². The number of hydrogen-bond donors (Lipinski definition) is 0. The van der Waals surface area contributed by atoms with Crippen molar-refractivity contribution >= 4 is 40.3 Å². The van der Waals surface area contributed by atoms with Crippen LogP contribution in [0.1, 0.15) is 58.9 Å². The summed E-state index contributed by atoms with van der Waals surface area (Å²) in [6.07, 6.45) is 4.63. The van der Waals surface area contributed by atoms with E-state index >= 15 is 0 Å². The van der Waals surface area contributed by atoms with Crippen molar-refractivity contribution in [3.05, 3.63) is 92.7 Å². The van der Waals surface area contributed by atoms with Crippen LogP contribution in [0.3, 0.4) is 0 Å². The molecular weight excluding hydrogens is 457 g/mol. The smallest absolute Gasteiger partial charge is 0.339 e. The van der Waals surface area contributed by atoms with Crippen molar-refractivity contribution in [3.63, 3.8) is 0 Å². The van der Waals surface area contributed by atoms with Crippen molar-refractivity contribution in [2.75, 3.05) is 6.61 Å². The van der Waals surface area contributed by atoms with E-state index in [2.05, 4.69) is 4.98 Å². The molecule has 4 rings (SSSR count). The van der Waals surface area contributed by atoms with Crippen molar-refractivity contribution in [2.45, 2.75) is 39.7 Å². The molecular formula is C27H25Cl2NO3. The summed E-state index contributed by atoms with van der Waals surface area (Å²) in [6, 6.07) is 15.2. The Kier molecular flexibility index (Phi) is 7.36. The zero-order valence-corrected chi connectivity index (χ0v) is 20.2. The van der Waals surface area contributed by atoms with Gasteiger partial charge in [-0.05, 0) is 91.8 Å². The molecule has 1 heterocycles. The number of benzene rings is 2. The monoisotopic (exact) mass is 481 g/mol. The van der Waals surface area contributed by atoms with Gasteiger partial charge in [-0.3, -0.25) is 4.98 Å². The Bertz CT molecular complexity index is 1200. The minimum atomic E-state index is -0.348. The molecule has 0 N–H and O–H groups in total. The number of halogens is 2. The number of hydrogen-bond acceptors (Lipinski definition) is 4. The first kappa shape index (κ1) is 23.3. The van der Waals surface area contributed by atoms with Crippen LogP contribution in [-0.4, -0.2) is 17.6 Å². The van der Waals surface area contributed by atoms with Gasteiger partial charge in [0.1, 0.15) is 12.4 Å². The van der Waals surface area contributed by atoms with Gasteiger partial charge >= 0.3 is 5.97 Å². The van der Waals surface area contributed by atoms with Crippen LogP contribution in [0.4, 0.5) is 0 Å². The standard InChI is InChI=1S/C27H25Cl2NO3/c1-3-32-27(31)24-13-19(15-30-17(24)2)22-5-4-6-23(22)25-14-21(29)11-12-26(25)33-16-18-7-9-20(28)10-8-18/h7-15H,3-6,16H2,1-2H3. The molecule has 0 atom stereocenters. The van der Waals surface area contributed by atoms with E-state index in [-0.39, 0.29) is 5.97 Å². The van der Waals surface area contributed by atoms with Gasteiger partial charge in [-0.2, -0.15) is 0 Å². The van der Waals surface area contributed by atoms with Crippen LogP contribution in [0.2, 0.25) is 10.0 Å². The fraction of sp³-hybridized carbons (Fsp3) is 0.259. The highest BCUT2D eigenvalue weighted by molar-refractivity contribution is 6.31. The van der Waals surface area contributed by atoms with Crippen molar-refractivity contribution in [1.29, 1.82) is 0 Å². The number of rotatable bonds is 7. The molecule has 6 heteroatoms. The van der Waals surface area contributed by atoms with E-state index < -0.39 is 0 Å². The molecule has 1 aliphatic carbocycles. The van der Waals surface area contributed by atoms with Gasteiger partial charge in [-0.15, -0.1) is 0 Å². The van der Waals surface area contributed by atoms with E-state index in [0.29, 0.717) is 34.5 Å². The van der Waals surface area contributed by atoms with Crippen LogP contribution in [-0.2, 0) is 11.3 Å². The Morgan fingerprint density at radius 3 is 2.48 bits per heavy atom. The molecule has 0 saturated carbocycles. The molecule has 2 aromatic carbocycles. The van der Waals surface area contributed by atoms with Crippen LogP contribution in [0, 0.1) is 6.92 Å². The van der Waals surface area contributed by atoms with Gasteiger partial charge in [-0.1, -0.05) is 35.3 Å². The Hall–Kier alpha value is -2.82. The second kappa shape index (κ2) is 10.4. The quantitative estimate of drug-likeness (QED) is 0.326. The van der Waals surface area contributed by atoms with Gasteiger partial charge in [0.05, 0.1) is 17.9 Å². The summed E-state index contributed by atoms with van der Waals surface area (Å²) in [4.78, 5) is 16.9. The summed E-state index contributed by atoms with van der Waals surface area (Å²) >= 11 is 12.4. The normalized spacial score (nSPS) is 13.3. The minimum Gasteiger partial charge on any atom is -0.488 e. The number of allylic oxidation sites excluding steroid dienone is 2. The predicted molar refractivity (Wildman–Crippen MR) is 133 cm³/mol. The predicted octanol–water partition coefficient (Wildman–Crippen LogP) is 7.55. The maximum Gasteiger partial charge on any atom is 0.339 e. The second-order valence-corrected chi connectivity index (χ2v) is 8.82. The molecule has 4 nitrogen and oxygen atoms in total. The third kappa shape index (κ3) is 5.40. The summed E-state index contributed by atoms with van der Waals surface area (Å²) in [5, 5.41) is 1.34. The Balaban J connectivity index is 1.70. The fourth-order valence-electron chi connectivity index (χ4n) is 4.08. The number of carbonyl (C=O) groups excluding carboxylic acids is 1. The molecule has 1 aromatic heterocycles. The van der Waals surface area contributed by atoms with Crippen molar-refractivity contribution in [2.24, 2.45) is 0 Å². The van der Waals surface area contributed by atoms with Crippen LogP contribution in [0.15, 0.2) is 54.7 Å². The molecule has 33 heavy (non-hydrogen) atoms. The lowest BCUT2D eigenvalue weighted by molar-refractivity contribution is 0.0525. The maximum atomic E-state index is 12.4. The lowest BCUT2D eigenvalue weighted by Gasteiger charge is -2.16. The molecule has 0 radical (unpaired) electrons. The summed E-state index contributed by atoms with van der Waals surface area (Å²) in [7, 11) is 0. The average Bonchev–Trinajstić information content (AvgIpc) is 3.29. The molecule has 0 unspecified atom stereocenters. The van der Waals surface area contributed by atoms with Gasteiger partial charge in [0.15, 0.2) is 0 Å². The summed E-state index contributed by atoms with van der Waals surface area (Å²) in [6.45, 7) is 4.37. The van der Waals surface area contributed by atoms with Gasteiger partial charge in [0.25, 0.3) is 0 Å². The van der Waals surface area contributed by atoms with E-state index in [9.17, 15) is 4.79 Å². The molecule has 1 aliphatic rings. The molecule has 0 bridgehead atoms. The van der Waals surface area contributed by atoms with E-state index in [4.69, 9.17) is 32.7 Å². The minimum absolute atomic E-state index is 0.327. The second-order valence-electron chi connectivity index (χ2n) is 7.94. The molecule has 0 saturated heterocycles. The Morgan fingerprint density at radius 2 is 1.73 bits per heavy atom. The number of esters is 1. The van der Waals surface area contributed by atoms with Crippen LogP contribution in [0.5, 0.6) is 5.75 Å². The number of aryl methyl sites for hydroxylation is 1. The summed E-state index contributed by atoms with van der Waals surface area (Å²) in [5.74, 6) is 0.425. The number of nitrogens with zero attached hydrogens (tertiary/aromatic N) is 1. The number of aromatic nitrogens is 1. The number of ether oxygens (including phenoxy) is 2. The first-order valence-electron chi connectivity index (χ1n) is 11.0. The number of pyridine rings is 1. The lowest BCUT2D eigenvalue weighted by Crippen LogP contribution is -2.08. The highest BCUT2D eigenvalue weighted by Crippen LogP contribution is 2.43. The molecule has 0 fully saturated rings. The maximum absolute atomic E-state index is 12.4. The first-order chi connectivity index (χ1) is 16.0. The van der Waals surface area contributed by atoms with Crippen molar-refractivity contribution in [1.82, 2.24) is 4.98 Å². The van der Waals surface area contributed by atoms with Crippen molar-refractivity contribution < 1.29 is 14.3 Å². The summed E-state index contributed by atoms with van der Waals surface area (Å²) in [5.41, 5.74) is 6.42. The Labute approximate surface area is 204 Å². The van der Waals surface area contributed by atoms with E-state index in [1.165, 1.54) is 5.57 Å². The van der Waals surface area contributed by atoms with E-state index in [0.717, 1.165) is 47.3 Å². The van der Waals surface area contributed by atoms with E-state index in [1.807, 2.05) is 61.7 Å². The number of carbonyl (C=O) groups is 1.